The van der Waals surface area contributed by atoms with Crippen molar-refractivity contribution in [2.24, 2.45) is 4.99 Å². The standard InChI is InChI=1S/C11H15N/c1-3-4-10-5-7-11(8-6-10)9-12-2/h5-9H,3-4H2,1-2H3/b12-9+. The van der Waals surface area contributed by atoms with Crippen LogP contribution in [0.2, 0.25) is 0 Å². The summed E-state index contributed by atoms with van der Waals surface area (Å²) in [4.78, 5) is 3.96. The minimum Gasteiger partial charge on any atom is -0.296 e. The van der Waals surface area contributed by atoms with Gasteiger partial charge in [0, 0.05) is 13.3 Å². The van der Waals surface area contributed by atoms with Crippen LogP contribution in [0.5, 0.6) is 0 Å². The van der Waals surface area contributed by atoms with E-state index in [1.165, 1.54) is 24.0 Å². The minimum atomic E-state index is 1.17. The average molecular weight is 161 g/mol. The highest BCUT2D eigenvalue weighted by atomic mass is 14.6. The number of hydrogen-bond donors (Lipinski definition) is 0. The molecule has 0 unspecified atom stereocenters. The lowest BCUT2D eigenvalue weighted by molar-refractivity contribution is 0.922. The van der Waals surface area contributed by atoms with Crippen molar-refractivity contribution < 1.29 is 0 Å². The Bertz CT molecular complexity index is 246. The van der Waals surface area contributed by atoms with Gasteiger partial charge in [0.2, 0.25) is 0 Å². The first-order valence-corrected chi connectivity index (χ1v) is 4.38. The molecule has 0 aromatic heterocycles. The van der Waals surface area contributed by atoms with Crippen molar-refractivity contribution in [3.05, 3.63) is 35.4 Å². The van der Waals surface area contributed by atoms with E-state index in [-0.39, 0.29) is 0 Å². The first-order chi connectivity index (χ1) is 5.86. The van der Waals surface area contributed by atoms with Gasteiger partial charge in [0.15, 0.2) is 0 Å². The van der Waals surface area contributed by atoms with E-state index < -0.39 is 0 Å². The molecule has 0 fully saturated rings. The van der Waals surface area contributed by atoms with Crippen LogP contribution in [-0.4, -0.2) is 13.3 Å². The van der Waals surface area contributed by atoms with Gasteiger partial charge in [-0.05, 0) is 17.5 Å². The normalized spacial score (nSPS) is 10.8. The molecule has 0 saturated carbocycles. The van der Waals surface area contributed by atoms with Crippen LogP contribution in [0.25, 0.3) is 0 Å². The maximum atomic E-state index is 3.96. The van der Waals surface area contributed by atoms with Crippen LogP contribution in [-0.2, 0) is 6.42 Å². The van der Waals surface area contributed by atoms with Crippen molar-refractivity contribution in [1.29, 1.82) is 0 Å². The van der Waals surface area contributed by atoms with Crippen molar-refractivity contribution in [3.8, 4) is 0 Å². The van der Waals surface area contributed by atoms with E-state index in [9.17, 15) is 0 Å². The molecule has 0 atom stereocenters. The number of aryl methyl sites for hydroxylation is 1. The summed E-state index contributed by atoms with van der Waals surface area (Å²) in [5.41, 5.74) is 2.59. The molecule has 1 heteroatoms. The summed E-state index contributed by atoms with van der Waals surface area (Å²) in [7, 11) is 1.79. The molecule has 0 aliphatic carbocycles. The van der Waals surface area contributed by atoms with Gasteiger partial charge in [0.25, 0.3) is 0 Å². The van der Waals surface area contributed by atoms with Crippen LogP contribution in [0.3, 0.4) is 0 Å². The second kappa shape index (κ2) is 4.70. The maximum Gasteiger partial charge on any atom is 0.0281 e. The lowest BCUT2D eigenvalue weighted by Crippen LogP contribution is -1.84. The Morgan fingerprint density at radius 3 is 2.42 bits per heavy atom. The van der Waals surface area contributed by atoms with Gasteiger partial charge in [0.05, 0.1) is 0 Å². The zero-order chi connectivity index (χ0) is 8.81. The SMILES string of the molecule is CCCc1ccc(/C=N/C)cc1. The van der Waals surface area contributed by atoms with E-state index in [0.717, 1.165) is 0 Å². The van der Waals surface area contributed by atoms with E-state index in [1.807, 2.05) is 6.21 Å². The summed E-state index contributed by atoms with van der Waals surface area (Å²) in [5, 5.41) is 0. The molecule has 0 heterocycles. The zero-order valence-corrected chi connectivity index (χ0v) is 7.75. The van der Waals surface area contributed by atoms with Crippen molar-refractivity contribution in [3.63, 3.8) is 0 Å². The summed E-state index contributed by atoms with van der Waals surface area (Å²) in [5.74, 6) is 0. The number of nitrogens with zero attached hydrogens (tertiary/aromatic N) is 1. The lowest BCUT2D eigenvalue weighted by atomic mass is 10.1. The first kappa shape index (κ1) is 8.98. The van der Waals surface area contributed by atoms with E-state index in [0.29, 0.717) is 0 Å². The van der Waals surface area contributed by atoms with E-state index in [1.54, 1.807) is 7.05 Å². The zero-order valence-electron chi connectivity index (χ0n) is 7.75. The summed E-state index contributed by atoms with van der Waals surface area (Å²) < 4.78 is 0. The van der Waals surface area contributed by atoms with Crippen molar-refractivity contribution in [2.45, 2.75) is 19.8 Å². The lowest BCUT2D eigenvalue weighted by Gasteiger charge is -1.97. The van der Waals surface area contributed by atoms with Gasteiger partial charge in [-0.1, -0.05) is 37.6 Å². The number of rotatable bonds is 3. The molecule has 0 bridgehead atoms. The van der Waals surface area contributed by atoms with Crippen molar-refractivity contribution in [1.82, 2.24) is 0 Å². The third kappa shape index (κ3) is 2.50. The Morgan fingerprint density at radius 1 is 1.25 bits per heavy atom. The van der Waals surface area contributed by atoms with Gasteiger partial charge in [-0.3, -0.25) is 4.99 Å². The summed E-state index contributed by atoms with van der Waals surface area (Å²) >= 11 is 0. The Labute approximate surface area is 74.2 Å². The molecular weight excluding hydrogens is 146 g/mol. The van der Waals surface area contributed by atoms with Crippen LogP contribution < -0.4 is 0 Å². The Morgan fingerprint density at radius 2 is 1.92 bits per heavy atom. The minimum absolute atomic E-state index is 1.17. The van der Waals surface area contributed by atoms with Crippen molar-refractivity contribution in [2.75, 3.05) is 7.05 Å². The van der Waals surface area contributed by atoms with Gasteiger partial charge < -0.3 is 0 Å². The van der Waals surface area contributed by atoms with Crippen LogP contribution in [0, 0.1) is 0 Å². The van der Waals surface area contributed by atoms with Gasteiger partial charge in [-0.25, -0.2) is 0 Å². The molecule has 1 nitrogen and oxygen atoms in total. The van der Waals surface area contributed by atoms with Gasteiger partial charge in [-0.15, -0.1) is 0 Å². The quantitative estimate of drug-likeness (QED) is 0.604. The predicted molar refractivity (Wildman–Crippen MR) is 54.0 cm³/mol. The molecule has 0 aliphatic heterocycles. The van der Waals surface area contributed by atoms with Gasteiger partial charge >= 0.3 is 0 Å². The highest BCUT2D eigenvalue weighted by Crippen LogP contribution is 2.04. The smallest absolute Gasteiger partial charge is 0.0281 e. The molecule has 0 N–H and O–H groups in total. The molecule has 0 spiro atoms. The first-order valence-electron chi connectivity index (χ1n) is 4.38. The van der Waals surface area contributed by atoms with Crippen LogP contribution in [0.4, 0.5) is 0 Å². The Kier molecular flexibility index (Phi) is 3.52. The number of hydrogen-bond acceptors (Lipinski definition) is 1. The van der Waals surface area contributed by atoms with E-state index >= 15 is 0 Å². The molecule has 0 aliphatic rings. The topological polar surface area (TPSA) is 12.4 Å². The molecule has 1 rings (SSSR count). The third-order valence-electron chi connectivity index (χ3n) is 1.80. The van der Waals surface area contributed by atoms with Gasteiger partial charge in [-0.2, -0.15) is 0 Å². The number of benzene rings is 1. The van der Waals surface area contributed by atoms with E-state index in [4.69, 9.17) is 0 Å². The number of aliphatic imine (C=N–C) groups is 1. The second-order valence-electron chi connectivity index (χ2n) is 2.88. The fourth-order valence-corrected chi connectivity index (χ4v) is 1.21. The maximum absolute atomic E-state index is 3.96. The molecule has 0 saturated heterocycles. The molecule has 64 valence electrons. The summed E-state index contributed by atoms with van der Waals surface area (Å²) in [6.45, 7) is 2.20. The Hall–Kier alpha value is -1.11. The average Bonchev–Trinajstić information content (AvgIpc) is 2.09. The largest absolute Gasteiger partial charge is 0.296 e. The predicted octanol–water partition coefficient (Wildman–Crippen LogP) is 2.69. The van der Waals surface area contributed by atoms with Crippen LogP contribution >= 0.6 is 0 Å². The summed E-state index contributed by atoms with van der Waals surface area (Å²) in [6.07, 6.45) is 4.25. The molecule has 0 radical (unpaired) electrons. The van der Waals surface area contributed by atoms with Crippen LogP contribution in [0.1, 0.15) is 24.5 Å². The fourth-order valence-electron chi connectivity index (χ4n) is 1.21. The monoisotopic (exact) mass is 161 g/mol. The summed E-state index contributed by atoms with van der Waals surface area (Å²) in [6, 6.07) is 8.55. The second-order valence-corrected chi connectivity index (χ2v) is 2.88. The van der Waals surface area contributed by atoms with Crippen molar-refractivity contribution >= 4 is 6.21 Å². The Balaban J connectivity index is 2.71. The highest BCUT2D eigenvalue weighted by molar-refractivity contribution is 5.79. The highest BCUT2D eigenvalue weighted by Gasteiger charge is 1.90. The molecule has 1 aromatic carbocycles. The third-order valence-corrected chi connectivity index (χ3v) is 1.80. The molecule has 12 heavy (non-hydrogen) atoms. The molecular formula is C11H15N. The van der Waals surface area contributed by atoms with Crippen LogP contribution in [0.15, 0.2) is 29.3 Å². The van der Waals surface area contributed by atoms with E-state index in [2.05, 4.69) is 36.2 Å². The fraction of sp³-hybridized carbons (Fsp3) is 0.364. The molecule has 1 aromatic rings. The van der Waals surface area contributed by atoms with Gasteiger partial charge in [0.1, 0.15) is 0 Å². The molecule has 0 amide bonds.